The van der Waals surface area contributed by atoms with Crippen molar-refractivity contribution in [3.8, 4) is 0 Å². The Bertz CT molecular complexity index is 1110. The third-order valence-corrected chi connectivity index (χ3v) is 6.06. The van der Waals surface area contributed by atoms with Crippen LogP contribution in [0, 0.1) is 0 Å². The maximum atomic E-state index is 11.8. The van der Waals surface area contributed by atoms with E-state index in [4.69, 9.17) is 0 Å². The minimum absolute atomic E-state index is 0.0478. The van der Waals surface area contributed by atoms with Gasteiger partial charge in [-0.05, 0) is 54.2 Å². The van der Waals surface area contributed by atoms with Crippen molar-refractivity contribution < 1.29 is 0 Å². The Morgan fingerprint density at radius 3 is 2.76 bits per heavy atom. The summed E-state index contributed by atoms with van der Waals surface area (Å²) in [4.78, 5) is 24.2. The maximum Gasteiger partial charge on any atom is 0.248 e. The molecule has 2 aromatic heterocycles. The second-order valence-electron chi connectivity index (χ2n) is 8.03. The third kappa shape index (κ3) is 3.83. The van der Waals surface area contributed by atoms with Gasteiger partial charge in [-0.25, -0.2) is 0 Å². The molecule has 1 aliphatic carbocycles. The summed E-state index contributed by atoms with van der Waals surface area (Å²) in [6, 6.07) is 12.0. The lowest BCUT2D eigenvalue weighted by atomic mass is 10.1. The molecule has 1 aromatic carbocycles. The number of anilines is 1. The predicted molar refractivity (Wildman–Crippen MR) is 118 cm³/mol. The average Bonchev–Trinajstić information content (AvgIpc) is 3.29. The molecule has 5 nitrogen and oxygen atoms in total. The number of fused-ring (bicyclic) bond motifs is 1. The van der Waals surface area contributed by atoms with E-state index in [1.54, 1.807) is 6.07 Å². The highest BCUT2D eigenvalue weighted by Crippen LogP contribution is 2.28. The van der Waals surface area contributed by atoms with Crippen LogP contribution in [0.4, 0.5) is 5.69 Å². The van der Waals surface area contributed by atoms with Gasteiger partial charge in [0.05, 0.1) is 11.2 Å². The van der Waals surface area contributed by atoms with E-state index < -0.39 is 0 Å². The molecule has 1 fully saturated rings. The Labute approximate surface area is 170 Å². The summed E-state index contributed by atoms with van der Waals surface area (Å²) in [5, 5.41) is 1.08. The molecule has 5 heteroatoms. The number of benzene rings is 1. The number of nitrogens with one attached hydrogen (secondary N) is 1. The molecule has 2 aliphatic rings. The van der Waals surface area contributed by atoms with Crippen LogP contribution in [0.1, 0.15) is 30.4 Å². The van der Waals surface area contributed by atoms with Crippen molar-refractivity contribution in [2.45, 2.75) is 25.8 Å². The minimum Gasteiger partial charge on any atom is -0.367 e. The molecule has 5 rings (SSSR count). The van der Waals surface area contributed by atoms with Crippen LogP contribution >= 0.6 is 0 Å². The quantitative estimate of drug-likeness (QED) is 0.741. The number of nitrogens with zero attached hydrogens (tertiary/aromatic N) is 3. The first-order valence-electron chi connectivity index (χ1n) is 10.5. The Kier molecular flexibility index (Phi) is 4.90. The van der Waals surface area contributed by atoms with Crippen molar-refractivity contribution >= 4 is 22.2 Å². The van der Waals surface area contributed by atoms with E-state index >= 15 is 0 Å². The van der Waals surface area contributed by atoms with Crippen molar-refractivity contribution in [2.75, 3.05) is 31.1 Å². The number of H-pyrrole nitrogens is 1. The maximum absolute atomic E-state index is 11.8. The van der Waals surface area contributed by atoms with Crippen molar-refractivity contribution in [3.63, 3.8) is 0 Å². The molecule has 0 spiro atoms. The normalized spacial score (nSPS) is 17.7. The molecular formula is C24H26N4O. The van der Waals surface area contributed by atoms with Crippen molar-refractivity contribution in [2.24, 2.45) is 0 Å². The predicted octanol–water partition coefficient (Wildman–Crippen LogP) is 3.81. The Hall–Kier alpha value is -2.92. The van der Waals surface area contributed by atoms with Gasteiger partial charge in [0.1, 0.15) is 0 Å². The topological polar surface area (TPSA) is 52.2 Å². The summed E-state index contributed by atoms with van der Waals surface area (Å²) in [5.41, 5.74) is 6.05. The van der Waals surface area contributed by atoms with Crippen molar-refractivity contribution in [1.82, 2.24) is 14.9 Å². The number of aromatic amines is 1. The van der Waals surface area contributed by atoms with Crippen LogP contribution in [0.3, 0.4) is 0 Å². The molecule has 0 radical (unpaired) electrons. The Morgan fingerprint density at radius 1 is 1.03 bits per heavy atom. The number of piperazine rings is 1. The first-order chi connectivity index (χ1) is 14.3. The molecule has 1 aliphatic heterocycles. The lowest BCUT2D eigenvalue weighted by Crippen LogP contribution is -2.46. The lowest BCUT2D eigenvalue weighted by molar-refractivity contribution is 0.250. The molecule has 0 saturated carbocycles. The largest absolute Gasteiger partial charge is 0.367 e. The Balaban J connectivity index is 1.27. The molecule has 148 valence electrons. The molecule has 1 saturated heterocycles. The monoisotopic (exact) mass is 386 g/mol. The molecule has 3 heterocycles. The number of rotatable bonds is 4. The molecule has 0 bridgehead atoms. The summed E-state index contributed by atoms with van der Waals surface area (Å²) in [5.74, 6) is 0. The standard InChI is InChI=1S/C24H26N4O/c29-23-9-8-20-6-3-7-22(24(20)26-23)28-12-10-27(11-13-28)17-18-14-21(16-25-15-18)19-4-1-2-5-19/h3-4,6-9,14-16H,1-2,5,10-13,17H2,(H,26,29). The summed E-state index contributed by atoms with van der Waals surface area (Å²) in [6.07, 6.45) is 9.99. The van der Waals surface area contributed by atoms with E-state index in [1.807, 2.05) is 24.5 Å². The van der Waals surface area contributed by atoms with Gasteiger partial charge in [-0.1, -0.05) is 18.2 Å². The zero-order valence-corrected chi connectivity index (χ0v) is 16.6. The van der Waals surface area contributed by atoms with Gasteiger partial charge in [-0.2, -0.15) is 0 Å². The van der Waals surface area contributed by atoms with Crippen LogP contribution in [-0.4, -0.2) is 41.0 Å². The minimum atomic E-state index is -0.0478. The van der Waals surface area contributed by atoms with Gasteiger partial charge in [0.25, 0.3) is 0 Å². The number of allylic oxidation sites excluding steroid dienone is 2. The summed E-state index contributed by atoms with van der Waals surface area (Å²) in [6.45, 7) is 4.84. The van der Waals surface area contributed by atoms with Crippen LogP contribution in [0.25, 0.3) is 16.5 Å². The zero-order valence-electron chi connectivity index (χ0n) is 16.6. The highest BCUT2D eigenvalue weighted by atomic mass is 16.1. The molecule has 1 N–H and O–H groups in total. The second-order valence-corrected chi connectivity index (χ2v) is 8.03. The lowest BCUT2D eigenvalue weighted by Gasteiger charge is -2.36. The fourth-order valence-corrected chi connectivity index (χ4v) is 4.51. The van der Waals surface area contributed by atoms with Crippen LogP contribution in [0.2, 0.25) is 0 Å². The van der Waals surface area contributed by atoms with Gasteiger partial charge in [-0.3, -0.25) is 14.7 Å². The second kappa shape index (κ2) is 7.84. The van der Waals surface area contributed by atoms with Gasteiger partial charge in [0.2, 0.25) is 5.56 Å². The van der Waals surface area contributed by atoms with E-state index in [-0.39, 0.29) is 5.56 Å². The highest BCUT2D eigenvalue weighted by molar-refractivity contribution is 5.90. The number of aromatic nitrogens is 2. The third-order valence-electron chi connectivity index (χ3n) is 6.06. The zero-order chi connectivity index (χ0) is 19.6. The fourth-order valence-electron chi connectivity index (χ4n) is 4.51. The summed E-state index contributed by atoms with van der Waals surface area (Å²) >= 11 is 0. The number of hydrogen-bond acceptors (Lipinski definition) is 4. The van der Waals surface area contributed by atoms with E-state index in [0.29, 0.717) is 0 Å². The average molecular weight is 386 g/mol. The molecular weight excluding hydrogens is 360 g/mol. The Morgan fingerprint density at radius 2 is 1.93 bits per heavy atom. The van der Waals surface area contributed by atoms with Gasteiger partial charge in [-0.15, -0.1) is 0 Å². The van der Waals surface area contributed by atoms with Crippen LogP contribution < -0.4 is 10.5 Å². The van der Waals surface area contributed by atoms with Crippen LogP contribution in [-0.2, 0) is 6.54 Å². The van der Waals surface area contributed by atoms with E-state index in [2.05, 4.69) is 44.0 Å². The van der Waals surface area contributed by atoms with E-state index in [0.717, 1.165) is 49.3 Å². The molecule has 3 aromatic rings. The molecule has 0 amide bonds. The smallest absolute Gasteiger partial charge is 0.248 e. The van der Waals surface area contributed by atoms with Crippen LogP contribution in [0.15, 0.2) is 59.7 Å². The van der Waals surface area contributed by atoms with Gasteiger partial charge >= 0.3 is 0 Å². The van der Waals surface area contributed by atoms with Crippen molar-refractivity contribution in [1.29, 1.82) is 0 Å². The van der Waals surface area contributed by atoms with Gasteiger partial charge < -0.3 is 9.88 Å². The summed E-state index contributed by atoms with van der Waals surface area (Å²) in [7, 11) is 0. The van der Waals surface area contributed by atoms with Crippen LogP contribution in [0.5, 0.6) is 0 Å². The van der Waals surface area contributed by atoms with Gasteiger partial charge in [0.15, 0.2) is 0 Å². The van der Waals surface area contributed by atoms with E-state index in [9.17, 15) is 4.79 Å². The highest BCUT2D eigenvalue weighted by Gasteiger charge is 2.19. The number of hydrogen-bond donors (Lipinski definition) is 1. The first-order valence-corrected chi connectivity index (χ1v) is 10.5. The number of para-hydroxylation sites is 1. The molecule has 0 atom stereocenters. The molecule has 29 heavy (non-hydrogen) atoms. The van der Waals surface area contributed by atoms with E-state index in [1.165, 1.54) is 36.0 Å². The first kappa shape index (κ1) is 18.1. The van der Waals surface area contributed by atoms with Crippen molar-refractivity contribution in [3.05, 3.63) is 76.3 Å². The molecule has 0 unspecified atom stereocenters. The fraction of sp³-hybridized carbons (Fsp3) is 0.333. The SMILES string of the molecule is O=c1ccc2cccc(N3CCN(Cc4cncc(C5=CCCC5)c4)CC3)c2[nH]1. The number of pyridine rings is 2. The van der Waals surface area contributed by atoms with Gasteiger partial charge in [0, 0.05) is 56.6 Å². The summed E-state index contributed by atoms with van der Waals surface area (Å²) < 4.78 is 0.